The van der Waals surface area contributed by atoms with Crippen molar-refractivity contribution in [2.45, 2.75) is 76.1 Å². The van der Waals surface area contributed by atoms with E-state index in [0.29, 0.717) is 12.0 Å². The highest BCUT2D eigenvalue weighted by molar-refractivity contribution is 6.59. The van der Waals surface area contributed by atoms with E-state index in [9.17, 15) is 8.78 Å². The van der Waals surface area contributed by atoms with Gasteiger partial charge in [0.05, 0.1) is 53.0 Å². The lowest BCUT2D eigenvalue weighted by molar-refractivity contribution is 0.0758. The van der Waals surface area contributed by atoms with Gasteiger partial charge < -0.3 is 9.88 Å². The second-order valence-corrected chi connectivity index (χ2v) is 11.9. The van der Waals surface area contributed by atoms with Crippen molar-refractivity contribution < 1.29 is 17.6 Å². The average molecular weight is 573 g/mol. The van der Waals surface area contributed by atoms with Crippen molar-refractivity contribution in [3.05, 3.63) is 41.5 Å². The van der Waals surface area contributed by atoms with E-state index in [-0.39, 0.29) is 57.6 Å². The Morgan fingerprint density at radius 3 is 2.50 bits per heavy atom. The largest absolute Gasteiger partial charge is 0.350 e. The predicted octanol–water partition coefficient (Wildman–Crippen LogP) is 4.39. The number of imidazole rings is 1. The van der Waals surface area contributed by atoms with Gasteiger partial charge in [0.2, 0.25) is 5.95 Å². The SMILES string of the molecule is [B]C([B])([B])Cc1nc(NC2CCN(C3CCC3)CC2C)nn2cc(F)c(-c3cc(F)c4nc(C)n(CC(F)F)c4c3)c12. The van der Waals surface area contributed by atoms with Crippen LogP contribution in [-0.2, 0) is 13.0 Å². The number of piperidine rings is 1. The fraction of sp³-hybridized carbons (Fsp3) is 0.536. The van der Waals surface area contributed by atoms with Crippen LogP contribution in [0.3, 0.4) is 0 Å². The van der Waals surface area contributed by atoms with Gasteiger partial charge in [0, 0.05) is 30.7 Å². The summed E-state index contributed by atoms with van der Waals surface area (Å²) < 4.78 is 60.1. The first-order valence-electron chi connectivity index (χ1n) is 14.3. The Kier molecular flexibility index (Phi) is 7.56. The van der Waals surface area contributed by atoms with E-state index >= 15 is 8.78 Å². The molecule has 2 unspecified atom stereocenters. The molecule has 0 spiro atoms. The van der Waals surface area contributed by atoms with Crippen LogP contribution in [0.15, 0.2) is 18.3 Å². The quantitative estimate of drug-likeness (QED) is 0.251. The van der Waals surface area contributed by atoms with Gasteiger partial charge in [0.1, 0.15) is 11.3 Å². The summed E-state index contributed by atoms with van der Waals surface area (Å²) in [5, 5.41) is 6.27. The first kappa shape index (κ1) is 29.1. The smallest absolute Gasteiger partial charge is 0.256 e. The lowest BCUT2D eigenvalue weighted by Gasteiger charge is -2.44. The van der Waals surface area contributed by atoms with Gasteiger partial charge in [0.25, 0.3) is 6.43 Å². The molecule has 1 aromatic carbocycles. The third kappa shape index (κ3) is 5.54. The number of benzene rings is 1. The van der Waals surface area contributed by atoms with E-state index in [1.807, 2.05) is 0 Å². The maximum atomic E-state index is 15.7. The summed E-state index contributed by atoms with van der Waals surface area (Å²) in [4.78, 5) is 11.3. The summed E-state index contributed by atoms with van der Waals surface area (Å²) >= 11 is 0. The summed E-state index contributed by atoms with van der Waals surface area (Å²) in [7, 11) is 17.9. The lowest BCUT2D eigenvalue weighted by Crippen LogP contribution is -2.51. The number of fused-ring (bicyclic) bond motifs is 2. The zero-order valence-electron chi connectivity index (χ0n) is 23.6. The minimum absolute atomic E-state index is 0.0220. The second-order valence-electron chi connectivity index (χ2n) is 11.9. The number of nitrogens with one attached hydrogen (secondary N) is 1. The third-order valence-corrected chi connectivity index (χ3v) is 8.58. The Morgan fingerprint density at radius 1 is 1.10 bits per heavy atom. The molecule has 14 heteroatoms. The van der Waals surface area contributed by atoms with Crippen LogP contribution in [0.4, 0.5) is 23.5 Å². The molecule has 2 aliphatic rings. The third-order valence-electron chi connectivity index (χ3n) is 8.58. The Hall–Kier alpha value is -3.02. The van der Waals surface area contributed by atoms with E-state index in [1.54, 1.807) is 0 Å². The van der Waals surface area contributed by atoms with Crippen molar-refractivity contribution in [3.63, 3.8) is 0 Å². The molecule has 1 aliphatic heterocycles. The standard InChI is InChI=1S/C28H30B3F4N7/c1-14-11-40(17-4-3-5-17)7-6-20(14)37-27-38-21(10-28(29,30)31)26-24(19(33)12-42(26)39-27)16-8-18(32)25-22(9-16)41(13-23(34)35)15(2)36-25/h8-9,12,14,17,20,23H,3-7,10-11,13H2,1-2H3,(H,37,39). The summed E-state index contributed by atoms with van der Waals surface area (Å²) in [6.07, 6.45) is 3.02. The second kappa shape index (κ2) is 10.9. The average Bonchev–Trinajstić information content (AvgIpc) is 3.35. The molecule has 2 fully saturated rings. The molecule has 0 amide bonds. The molecular weight excluding hydrogens is 543 g/mol. The Morgan fingerprint density at radius 2 is 1.86 bits per heavy atom. The summed E-state index contributed by atoms with van der Waals surface area (Å²) in [5.74, 6) is -0.671. The fourth-order valence-electron chi connectivity index (χ4n) is 6.33. The maximum absolute atomic E-state index is 15.7. The van der Waals surface area contributed by atoms with Gasteiger partial charge in [-0.2, -0.15) is 0 Å². The van der Waals surface area contributed by atoms with Crippen LogP contribution in [0.1, 0.15) is 44.1 Å². The monoisotopic (exact) mass is 573 g/mol. The number of aromatic nitrogens is 5. The van der Waals surface area contributed by atoms with Crippen molar-refractivity contribution in [1.29, 1.82) is 0 Å². The van der Waals surface area contributed by atoms with Gasteiger partial charge >= 0.3 is 0 Å². The van der Waals surface area contributed by atoms with E-state index in [2.05, 4.69) is 32.2 Å². The predicted molar refractivity (Wildman–Crippen MR) is 156 cm³/mol. The van der Waals surface area contributed by atoms with Gasteiger partial charge in [0.15, 0.2) is 11.6 Å². The number of likely N-dealkylation sites (tertiary alicyclic amines) is 1. The van der Waals surface area contributed by atoms with Gasteiger partial charge in [-0.1, -0.05) is 13.3 Å². The van der Waals surface area contributed by atoms with E-state index in [4.69, 9.17) is 23.5 Å². The highest BCUT2D eigenvalue weighted by atomic mass is 19.3. The van der Waals surface area contributed by atoms with Crippen LogP contribution in [0, 0.1) is 24.5 Å². The van der Waals surface area contributed by atoms with E-state index < -0.39 is 29.7 Å². The summed E-state index contributed by atoms with van der Waals surface area (Å²) in [5.41, 5.74) is 0.589. The van der Waals surface area contributed by atoms with Crippen LogP contribution < -0.4 is 5.32 Å². The molecule has 1 saturated carbocycles. The zero-order valence-corrected chi connectivity index (χ0v) is 23.6. The minimum Gasteiger partial charge on any atom is -0.350 e. The van der Waals surface area contributed by atoms with E-state index in [0.717, 1.165) is 25.6 Å². The van der Waals surface area contributed by atoms with Crippen molar-refractivity contribution in [3.8, 4) is 11.1 Å². The molecule has 42 heavy (non-hydrogen) atoms. The number of aryl methyl sites for hydroxylation is 1. The molecule has 214 valence electrons. The fourth-order valence-corrected chi connectivity index (χ4v) is 6.33. The molecule has 6 rings (SSSR count). The van der Waals surface area contributed by atoms with Crippen molar-refractivity contribution in [2.75, 3.05) is 18.4 Å². The number of hydrogen-bond donors (Lipinski definition) is 1. The Balaban J connectivity index is 1.41. The highest BCUT2D eigenvalue weighted by Gasteiger charge is 2.33. The minimum atomic E-state index is -2.69. The molecule has 1 aliphatic carbocycles. The molecule has 4 aromatic rings. The highest BCUT2D eigenvalue weighted by Crippen LogP contribution is 2.36. The van der Waals surface area contributed by atoms with Gasteiger partial charge in [-0.3, -0.25) is 4.90 Å². The molecule has 4 heterocycles. The molecule has 6 radical (unpaired) electrons. The number of alkyl halides is 2. The molecular formula is C28H30B3F4N7. The van der Waals surface area contributed by atoms with Crippen LogP contribution in [0.5, 0.6) is 0 Å². The number of halogens is 4. The number of hydrogen-bond acceptors (Lipinski definition) is 5. The van der Waals surface area contributed by atoms with Crippen LogP contribution >= 0.6 is 0 Å². The van der Waals surface area contributed by atoms with Crippen LogP contribution in [-0.4, -0.2) is 84.2 Å². The van der Waals surface area contributed by atoms with Crippen molar-refractivity contribution in [1.82, 2.24) is 29.0 Å². The van der Waals surface area contributed by atoms with Gasteiger partial charge in [-0.15, -0.1) is 10.2 Å². The Labute approximate surface area is 245 Å². The van der Waals surface area contributed by atoms with Gasteiger partial charge in [-0.05, 0) is 56.2 Å². The van der Waals surface area contributed by atoms with E-state index in [1.165, 1.54) is 47.5 Å². The van der Waals surface area contributed by atoms with Crippen LogP contribution in [0.25, 0.3) is 27.7 Å². The molecule has 3 aromatic heterocycles. The number of nitrogens with zero attached hydrogens (tertiary/aromatic N) is 6. The maximum Gasteiger partial charge on any atom is 0.256 e. The number of anilines is 1. The normalized spacial score (nSPS) is 20.5. The van der Waals surface area contributed by atoms with Crippen LogP contribution in [0.2, 0.25) is 5.11 Å². The first-order chi connectivity index (χ1) is 19.9. The zero-order chi connectivity index (χ0) is 29.9. The lowest BCUT2D eigenvalue weighted by atomic mass is 9.41. The summed E-state index contributed by atoms with van der Waals surface area (Å²) in [6, 6.07) is 3.32. The molecule has 7 nitrogen and oxygen atoms in total. The first-order valence-corrected chi connectivity index (χ1v) is 14.3. The van der Waals surface area contributed by atoms with Crippen molar-refractivity contribution in [2.24, 2.45) is 5.92 Å². The Bertz CT molecular complexity index is 1630. The molecule has 2 atom stereocenters. The summed E-state index contributed by atoms with van der Waals surface area (Å²) in [6.45, 7) is 4.95. The molecule has 1 N–H and O–H groups in total. The van der Waals surface area contributed by atoms with Gasteiger partial charge in [-0.25, -0.2) is 32.0 Å². The van der Waals surface area contributed by atoms with Crippen molar-refractivity contribution >= 4 is 46.0 Å². The topological polar surface area (TPSA) is 63.3 Å². The molecule has 1 saturated heterocycles. The molecule has 0 bridgehead atoms. The number of rotatable bonds is 8.